The first kappa shape index (κ1) is 18.8. The highest BCUT2D eigenvalue weighted by Gasteiger charge is 2.22. The third-order valence-electron chi connectivity index (χ3n) is 5.06. The van der Waals surface area contributed by atoms with Crippen LogP contribution in [0.25, 0.3) is 21.9 Å². The molecule has 1 aromatic heterocycles. The van der Waals surface area contributed by atoms with Gasteiger partial charge in [-0.25, -0.2) is 4.98 Å². The van der Waals surface area contributed by atoms with Crippen LogP contribution in [0.1, 0.15) is 0 Å². The maximum Gasteiger partial charge on any atom is 0.246 e. The van der Waals surface area contributed by atoms with Gasteiger partial charge in [-0.1, -0.05) is 48.0 Å². The van der Waals surface area contributed by atoms with Crippen LogP contribution >= 0.6 is 23.2 Å². The van der Waals surface area contributed by atoms with E-state index < -0.39 is 0 Å². The fourth-order valence-electron chi connectivity index (χ4n) is 3.58. The number of pyridine rings is 1. The molecule has 1 aliphatic rings. The van der Waals surface area contributed by atoms with Crippen LogP contribution in [0, 0.1) is 0 Å². The van der Waals surface area contributed by atoms with Crippen LogP contribution in [0.5, 0.6) is 0 Å². The molecular weight excluding hydrogens is 393 g/mol. The maximum atomic E-state index is 11.8. The van der Waals surface area contributed by atoms with Crippen molar-refractivity contribution in [2.75, 3.05) is 31.1 Å². The molecule has 3 aromatic rings. The van der Waals surface area contributed by atoms with Gasteiger partial charge in [0.1, 0.15) is 5.82 Å². The summed E-state index contributed by atoms with van der Waals surface area (Å²) in [6, 6.07) is 13.6. The molecule has 1 fully saturated rings. The number of hydrogen-bond donors (Lipinski definition) is 0. The number of fused-ring (bicyclic) bond motifs is 1. The minimum atomic E-state index is -0.0293. The van der Waals surface area contributed by atoms with Crippen molar-refractivity contribution in [3.63, 3.8) is 0 Å². The first-order valence-electron chi connectivity index (χ1n) is 9.08. The van der Waals surface area contributed by atoms with Crippen LogP contribution in [0.15, 0.2) is 61.3 Å². The van der Waals surface area contributed by atoms with Gasteiger partial charge in [-0.3, -0.25) is 4.79 Å². The van der Waals surface area contributed by atoms with Crippen molar-refractivity contribution in [2.24, 2.45) is 0 Å². The van der Waals surface area contributed by atoms with Gasteiger partial charge in [0.25, 0.3) is 0 Å². The highest BCUT2D eigenvalue weighted by atomic mass is 35.5. The summed E-state index contributed by atoms with van der Waals surface area (Å²) in [7, 11) is 0. The lowest BCUT2D eigenvalue weighted by molar-refractivity contribution is -0.126. The fraction of sp³-hybridized carbons (Fsp3) is 0.182. The third-order valence-corrected chi connectivity index (χ3v) is 5.70. The lowest BCUT2D eigenvalue weighted by Gasteiger charge is -2.35. The van der Waals surface area contributed by atoms with E-state index >= 15 is 0 Å². The Balaban J connectivity index is 1.74. The summed E-state index contributed by atoms with van der Waals surface area (Å²) in [6.07, 6.45) is 3.16. The van der Waals surface area contributed by atoms with E-state index in [1.54, 1.807) is 11.1 Å². The van der Waals surface area contributed by atoms with Gasteiger partial charge in [-0.05, 0) is 35.7 Å². The second-order valence-electron chi connectivity index (χ2n) is 6.68. The van der Waals surface area contributed by atoms with E-state index in [2.05, 4.69) is 22.5 Å². The van der Waals surface area contributed by atoms with Crippen molar-refractivity contribution in [3.05, 3.63) is 71.4 Å². The molecule has 0 saturated carbocycles. The molecule has 0 unspecified atom stereocenters. The average Bonchev–Trinajstić information content (AvgIpc) is 2.73. The summed E-state index contributed by atoms with van der Waals surface area (Å²) in [5.41, 5.74) is 1.78. The summed E-state index contributed by atoms with van der Waals surface area (Å²) in [5, 5.41) is 3.35. The lowest BCUT2D eigenvalue weighted by atomic mass is 10.0. The zero-order chi connectivity index (χ0) is 19.7. The first-order chi connectivity index (χ1) is 13.6. The number of benzene rings is 2. The molecule has 0 spiro atoms. The third kappa shape index (κ3) is 3.46. The van der Waals surface area contributed by atoms with E-state index in [4.69, 9.17) is 23.2 Å². The predicted molar refractivity (Wildman–Crippen MR) is 116 cm³/mol. The second-order valence-corrected chi connectivity index (χ2v) is 7.50. The van der Waals surface area contributed by atoms with E-state index in [1.807, 2.05) is 36.4 Å². The van der Waals surface area contributed by atoms with Crippen molar-refractivity contribution in [1.82, 2.24) is 9.88 Å². The Morgan fingerprint density at radius 3 is 2.46 bits per heavy atom. The van der Waals surface area contributed by atoms with E-state index in [1.165, 1.54) is 6.08 Å². The van der Waals surface area contributed by atoms with Crippen LogP contribution in [-0.4, -0.2) is 42.0 Å². The van der Waals surface area contributed by atoms with Crippen LogP contribution in [0.2, 0.25) is 10.0 Å². The first-order valence-corrected chi connectivity index (χ1v) is 9.83. The minimum Gasteiger partial charge on any atom is -0.353 e. The summed E-state index contributed by atoms with van der Waals surface area (Å²) < 4.78 is 0. The molecule has 2 heterocycles. The highest BCUT2D eigenvalue weighted by molar-refractivity contribution is 6.37. The molecule has 0 aliphatic carbocycles. The monoisotopic (exact) mass is 411 g/mol. The summed E-state index contributed by atoms with van der Waals surface area (Å²) in [5.74, 6) is 0.867. The largest absolute Gasteiger partial charge is 0.353 e. The zero-order valence-corrected chi connectivity index (χ0v) is 16.7. The van der Waals surface area contributed by atoms with Gasteiger partial charge in [-0.2, -0.15) is 0 Å². The van der Waals surface area contributed by atoms with Gasteiger partial charge in [-0.15, -0.1) is 0 Å². The smallest absolute Gasteiger partial charge is 0.246 e. The van der Waals surface area contributed by atoms with Gasteiger partial charge < -0.3 is 9.80 Å². The molecule has 0 radical (unpaired) electrons. The number of piperazine rings is 1. The standard InChI is InChI=1S/C22H19Cl2N3O/c1-2-21(28)26-9-11-27(12-10-26)22-17-14-18(16-5-3-4-6-19(16)23)20(24)13-15(17)7-8-25-22/h2-8,13-14H,1,9-12H2. The summed E-state index contributed by atoms with van der Waals surface area (Å²) in [6.45, 7) is 6.30. The van der Waals surface area contributed by atoms with Crippen molar-refractivity contribution in [2.45, 2.75) is 0 Å². The number of carbonyl (C=O) groups is 1. The van der Waals surface area contributed by atoms with Crippen molar-refractivity contribution in [3.8, 4) is 11.1 Å². The molecule has 4 rings (SSSR count). The van der Waals surface area contributed by atoms with Crippen LogP contribution in [0.4, 0.5) is 5.82 Å². The van der Waals surface area contributed by atoms with E-state index in [9.17, 15) is 4.79 Å². The number of amides is 1. The molecule has 0 atom stereocenters. The van der Waals surface area contributed by atoms with Crippen LogP contribution < -0.4 is 4.90 Å². The maximum absolute atomic E-state index is 11.8. The molecule has 142 valence electrons. The Bertz CT molecular complexity index is 1060. The van der Waals surface area contributed by atoms with Crippen LogP contribution in [0.3, 0.4) is 0 Å². The molecule has 28 heavy (non-hydrogen) atoms. The summed E-state index contributed by atoms with van der Waals surface area (Å²) >= 11 is 13.0. The Hall–Kier alpha value is -2.56. The molecule has 4 nitrogen and oxygen atoms in total. The average molecular weight is 412 g/mol. The Morgan fingerprint density at radius 2 is 1.75 bits per heavy atom. The number of halogens is 2. The molecule has 1 amide bonds. The van der Waals surface area contributed by atoms with Gasteiger partial charge in [0, 0.05) is 58.9 Å². The normalized spacial score (nSPS) is 14.4. The Labute approximate surface area is 174 Å². The van der Waals surface area contributed by atoms with Crippen molar-refractivity contribution >= 4 is 45.7 Å². The molecular formula is C22H19Cl2N3O. The van der Waals surface area contributed by atoms with Crippen molar-refractivity contribution in [1.29, 1.82) is 0 Å². The SMILES string of the molecule is C=CC(=O)N1CCN(c2nccc3cc(Cl)c(-c4ccccc4Cl)cc23)CC1. The highest BCUT2D eigenvalue weighted by Crippen LogP contribution is 2.38. The number of aromatic nitrogens is 1. The number of carbonyl (C=O) groups excluding carboxylic acids is 1. The molecule has 1 aliphatic heterocycles. The van der Waals surface area contributed by atoms with Gasteiger partial charge >= 0.3 is 0 Å². The quantitative estimate of drug-likeness (QED) is 0.566. The molecule has 0 N–H and O–H groups in total. The molecule has 1 saturated heterocycles. The van der Waals surface area contributed by atoms with Crippen molar-refractivity contribution < 1.29 is 4.79 Å². The molecule has 2 aromatic carbocycles. The van der Waals surface area contributed by atoms with E-state index in [0.29, 0.717) is 23.1 Å². The van der Waals surface area contributed by atoms with E-state index in [-0.39, 0.29) is 5.91 Å². The van der Waals surface area contributed by atoms with Crippen LogP contribution in [-0.2, 0) is 4.79 Å². The summed E-state index contributed by atoms with van der Waals surface area (Å²) in [4.78, 5) is 20.5. The van der Waals surface area contributed by atoms with Gasteiger partial charge in [0.05, 0.1) is 0 Å². The van der Waals surface area contributed by atoms with E-state index in [0.717, 1.165) is 40.8 Å². The van der Waals surface area contributed by atoms with Gasteiger partial charge in [0.15, 0.2) is 0 Å². The minimum absolute atomic E-state index is 0.0293. The number of rotatable bonds is 3. The van der Waals surface area contributed by atoms with Gasteiger partial charge in [0.2, 0.25) is 5.91 Å². The number of anilines is 1. The molecule has 0 bridgehead atoms. The Kier molecular flexibility index (Phi) is 5.25. The number of hydrogen-bond acceptors (Lipinski definition) is 3. The number of nitrogens with zero attached hydrogens (tertiary/aromatic N) is 3. The fourth-order valence-corrected chi connectivity index (χ4v) is 4.10. The molecule has 6 heteroatoms. The second kappa shape index (κ2) is 7.82. The topological polar surface area (TPSA) is 36.4 Å². The zero-order valence-electron chi connectivity index (χ0n) is 15.2. The predicted octanol–water partition coefficient (Wildman–Crippen LogP) is 5.04. The lowest BCUT2D eigenvalue weighted by Crippen LogP contribution is -2.48. The Morgan fingerprint density at radius 1 is 1.00 bits per heavy atom.